The van der Waals surface area contributed by atoms with Crippen molar-refractivity contribution in [1.82, 2.24) is 4.98 Å². The van der Waals surface area contributed by atoms with E-state index in [-0.39, 0.29) is 11.2 Å². The highest BCUT2D eigenvalue weighted by atomic mass is 35.5. The van der Waals surface area contributed by atoms with Crippen LogP contribution in [0, 0.1) is 5.92 Å². The number of pyridine rings is 1. The molecule has 0 saturated heterocycles. The molecule has 1 rings (SSSR count). The van der Waals surface area contributed by atoms with Crippen LogP contribution in [0.5, 0.6) is 0 Å². The molecule has 0 aliphatic rings. The van der Waals surface area contributed by atoms with Crippen LogP contribution in [0.3, 0.4) is 0 Å². The molecule has 0 amide bonds. The first-order chi connectivity index (χ1) is 5.70. The van der Waals surface area contributed by atoms with Crippen molar-refractivity contribution in [2.75, 3.05) is 0 Å². The Labute approximate surface area is 76.6 Å². The molecule has 0 saturated carbocycles. The highest BCUT2D eigenvalue weighted by molar-refractivity contribution is 6.63. The first-order valence-corrected chi connectivity index (χ1v) is 4.16. The number of halogens is 1. The van der Waals surface area contributed by atoms with Crippen LogP contribution in [0.15, 0.2) is 24.5 Å². The van der Waals surface area contributed by atoms with Gasteiger partial charge in [0.15, 0.2) is 0 Å². The number of hydrogen-bond donors (Lipinski definition) is 0. The Kier molecular flexibility index (Phi) is 3.23. The SMILES string of the molecule is CC(Cc1cccnc1)C(=O)Cl. The molecule has 2 nitrogen and oxygen atoms in total. The fourth-order valence-electron chi connectivity index (χ4n) is 0.953. The van der Waals surface area contributed by atoms with Gasteiger partial charge in [0.25, 0.3) is 0 Å². The molecule has 0 aliphatic carbocycles. The topological polar surface area (TPSA) is 30.0 Å². The lowest BCUT2D eigenvalue weighted by molar-refractivity contribution is -0.114. The molecule has 0 N–H and O–H groups in total. The van der Waals surface area contributed by atoms with Crippen molar-refractivity contribution in [3.63, 3.8) is 0 Å². The summed E-state index contributed by atoms with van der Waals surface area (Å²) in [5, 5.41) is -0.293. The third kappa shape index (κ3) is 2.62. The standard InChI is InChI=1S/C9H10ClNO/c1-7(9(10)12)5-8-3-2-4-11-6-8/h2-4,6-7H,5H2,1H3. The summed E-state index contributed by atoms with van der Waals surface area (Å²) in [4.78, 5) is 14.6. The van der Waals surface area contributed by atoms with Gasteiger partial charge in [0.2, 0.25) is 5.24 Å². The third-order valence-electron chi connectivity index (χ3n) is 1.65. The quantitative estimate of drug-likeness (QED) is 0.672. The molecular weight excluding hydrogens is 174 g/mol. The summed E-state index contributed by atoms with van der Waals surface area (Å²) in [6.07, 6.45) is 4.11. The molecule has 3 heteroatoms. The van der Waals surface area contributed by atoms with E-state index in [1.165, 1.54) is 0 Å². The maximum atomic E-state index is 10.7. The number of carbonyl (C=O) groups excluding carboxylic acids is 1. The van der Waals surface area contributed by atoms with Crippen LogP contribution in [-0.2, 0) is 11.2 Å². The lowest BCUT2D eigenvalue weighted by Gasteiger charge is -2.04. The third-order valence-corrected chi connectivity index (χ3v) is 2.02. The number of hydrogen-bond acceptors (Lipinski definition) is 2. The lowest BCUT2D eigenvalue weighted by Crippen LogP contribution is -2.07. The molecule has 0 aromatic carbocycles. The molecule has 1 atom stereocenters. The maximum Gasteiger partial charge on any atom is 0.224 e. The zero-order valence-electron chi connectivity index (χ0n) is 6.83. The highest BCUT2D eigenvalue weighted by Crippen LogP contribution is 2.09. The van der Waals surface area contributed by atoms with Gasteiger partial charge in [-0.3, -0.25) is 9.78 Å². The Morgan fingerprint density at radius 2 is 2.50 bits per heavy atom. The fourth-order valence-corrected chi connectivity index (χ4v) is 1.03. The van der Waals surface area contributed by atoms with E-state index in [2.05, 4.69) is 4.98 Å². The molecule has 1 heterocycles. The predicted molar refractivity (Wildman–Crippen MR) is 48.0 cm³/mol. The van der Waals surface area contributed by atoms with Gasteiger partial charge in [0.05, 0.1) is 0 Å². The molecule has 12 heavy (non-hydrogen) atoms. The second-order valence-corrected chi connectivity index (χ2v) is 3.14. The van der Waals surface area contributed by atoms with Crippen LogP contribution in [-0.4, -0.2) is 10.2 Å². The Bertz CT molecular complexity index is 260. The van der Waals surface area contributed by atoms with Crippen LogP contribution in [0.2, 0.25) is 0 Å². The van der Waals surface area contributed by atoms with Crippen LogP contribution in [0.1, 0.15) is 12.5 Å². The molecular formula is C9H10ClNO. The Hall–Kier alpha value is -0.890. The molecule has 1 unspecified atom stereocenters. The van der Waals surface area contributed by atoms with Crippen molar-refractivity contribution < 1.29 is 4.79 Å². The number of carbonyl (C=O) groups is 1. The molecule has 0 radical (unpaired) electrons. The summed E-state index contributed by atoms with van der Waals surface area (Å²) in [6, 6.07) is 3.78. The normalized spacial score (nSPS) is 12.5. The van der Waals surface area contributed by atoms with Crippen molar-refractivity contribution in [2.45, 2.75) is 13.3 Å². The van der Waals surface area contributed by atoms with E-state index < -0.39 is 0 Å². The summed E-state index contributed by atoms with van der Waals surface area (Å²) in [5.41, 5.74) is 1.04. The van der Waals surface area contributed by atoms with Crippen LogP contribution in [0.4, 0.5) is 0 Å². The van der Waals surface area contributed by atoms with Crippen LogP contribution < -0.4 is 0 Å². The molecule has 1 aromatic heterocycles. The molecule has 0 fully saturated rings. The second-order valence-electron chi connectivity index (χ2n) is 2.77. The van der Waals surface area contributed by atoms with E-state index in [1.54, 1.807) is 12.4 Å². The second kappa shape index (κ2) is 4.21. The lowest BCUT2D eigenvalue weighted by atomic mass is 10.0. The van der Waals surface area contributed by atoms with Crippen molar-refractivity contribution >= 4 is 16.8 Å². The summed E-state index contributed by atoms with van der Waals surface area (Å²) >= 11 is 5.32. The zero-order chi connectivity index (χ0) is 8.97. The summed E-state index contributed by atoms with van der Waals surface area (Å²) in [7, 11) is 0. The van der Waals surface area contributed by atoms with Gasteiger partial charge in [0.1, 0.15) is 0 Å². The maximum absolute atomic E-state index is 10.7. The highest BCUT2D eigenvalue weighted by Gasteiger charge is 2.09. The van der Waals surface area contributed by atoms with Crippen molar-refractivity contribution in [3.8, 4) is 0 Å². The van der Waals surface area contributed by atoms with E-state index in [1.807, 2.05) is 19.1 Å². The molecule has 0 aliphatic heterocycles. The Balaban J connectivity index is 2.58. The molecule has 0 bridgehead atoms. The van der Waals surface area contributed by atoms with E-state index in [4.69, 9.17) is 11.6 Å². The van der Waals surface area contributed by atoms with Crippen molar-refractivity contribution in [3.05, 3.63) is 30.1 Å². The van der Waals surface area contributed by atoms with Gasteiger partial charge in [-0.1, -0.05) is 13.0 Å². The minimum absolute atomic E-state index is 0.129. The van der Waals surface area contributed by atoms with Crippen LogP contribution in [0.25, 0.3) is 0 Å². The van der Waals surface area contributed by atoms with Gasteiger partial charge in [-0.2, -0.15) is 0 Å². The van der Waals surface area contributed by atoms with Gasteiger partial charge in [-0.05, 0) is 29.7 Å². The number of nitrogens with zero attached hydrogens (tertiary/aromatic N) is 1. The molecule has 1 aromatic rings. The zero-order valence-corrected chi connectivity index (χ0v) is 7.58. The van der Waals surface area contributed by atoms with Crippen molar-refractivity contribution in [2.24, 2.45) is 5.92 Å². The summed E-state index contributed by atoms with van der Waals surface area (Å²) in [6.45, 7) is 1.81. The number of aromatic nitrogens is 1. The fraction of sp³-hybridized carbons (Fsp3) is 0.333. The Morgan fingerprint density at radius 3 is 3.00 bits per heavy atom. The first kappa shape index (κ1) is 9.20. The smallest absolute Gasteiger partial charge is 0.224 e. The average molecular weight is 184 g/mol. The van der Waals surface area contributed by atoms with Gasteiger partial charge in [0, 0.05) is 18.3 Å². The summed E-state index contributed by atoms with van der Waals surface area (Å²) < 4.78 is 0. The summed E-state index contributed by atoms with van der Waals surface area (Å²) in [5.74, 6) is -0.129. The minimum atomic E-state index is -0.293. The van der Waals surface area contributed by atoms with Gasteiger partial charge in [-0.15, -0.1) is 0 Å². The number of rotatable bonds is 3. The van der Waals surface area contributed by atoms with Gasteiger partial charge in [-0.25, -0.2) is 0 Å². The van der Waals surface area contributed by atoms with E-state index >= 15 is 0 Å². The molecule has 0 spiro atoms. The van der Waals surface area contributed by atoms with E-state index in [0.29, 0.717) is 6.42 Å². The molecule has 64 valence electrons. The predicted octanol–water partition coefficient (Wildman–Crippen LogP) is 2.03. The van der Waals surface area contributed by atoms with Gasteiger partial charge < -0.3 is 0 Å². The van der Waals surface area contributed by atoms with E-state index in [9.17, 15) is 4.79 Å². The van der Waals surface area contributed by atoms with Crippen LogP contribution >= 0.6 is 11.6 Å². The first-order valence-electron chi connectivity index (χ1n) is 3.78. The largest absolute Gasteiger partial charge is 0.281 e. The van der Waals surface area contributed by atoms with E-state index in [0.717, 1.165) is 5.56 Å². The van der Waals surface area contributed by atoms with Gasteiger partial charge >= 0.3 is 0 Å². The Morgan fingerprint density at radius 1 is 1.75 bits per heavy atom. The minimum Gasteiger partial charge on any atom is -0.281 e. The monoisotopic (exact) mass is 183 g/mol. The van der Waals surface area contributed by atoms with Crippen molar-refractivity contribution in [1.29, 1.82) is 0 Å². The average Bonchev–Trinajstić information content (AvgIpc) is 2.06.